The lowest BCUT2D eigenvalue weighted by atomic mass is 9.99. The molecule has 2 aromatic heterocycles. The monoisotopic (exact) mass is 375 g/mol. The Morgan fingerprint density at radius 3 is 2.61 bits per heavy atom. The second-order valence-corrected chi connectivity index (χ2v) is 6.66. The maximum Gasteiger partial charge on any atom is 0.335 e. The predicted molar refractivity (Wildman–Crippen MR) is 106 cm³/mol. The number of halogens is 1. The van der Waals surface area contributed by atoms with Gasteiger partial charge in [-0.25, -0.2) is 14.2 Å². The fraction of sp³-hybridized carbons (Fsp3) is 0.136. The van der Waals surface area contributed by atoms with E-state index in [-0.39, 0.29) is 5.82 Å². The van der Waals surface area contributed by atoms with E-state index in [0.717, 1.165) is 16.5 Å². The van der Waals surface area contributed by atoms with Gasteiger partial charge in [0.2, 0.25) is 0 Å². The minimum absolute atomic E-state index is 0.274. The topological polar surface area (TPSA) is 78.9 Å². The number of carbonyl (C=O) groups is 1. The third-order valence-corrected chi connectivity index (χ3v) is 4.88. The number of aryl methyl sites for hydroxylation is 2. The van der Waals surface area contributed by atoms with E-state index in [9.17, 15) is 14.3 Å². The molecular formula is C22H18FN3O2. The summed E-state index contributed by atoms with van der Waals surface area (Å²) in [6, 6.07) is 14.0. The van der Waals surface area contributed by atoms with Gasteiger partial charge in [-0.05, 0) is 54.8 Å². The van der Waals surface area contributed by atoms with Gasteiger partial charge in [-0.1, -0.05) is 25.1 Å². The van der Waals surface area contributed by atoms with Gasteiger partial charge in [-0.3, -0.25) is 5.10 Å². The van der Waals surface area contributed by atoms with Crippen molar-refractivity contribution in [1.82, 2.24) is 15.2 Å². The first-order valence-electron chi connectivity index (χ1n) is 8.96. The van der Waals surface area contributed by atoms with Crippen molar-refractivity contribution < 1.29 is 14.3 Å². The summed E-state index contributed by atoms with van der Waals surface area (Å²) >= 11 is 0. The van der Waals surface area contributed by atoms with Crippen molar-refractivity contribution in [2.75, 3.05) is 0 Å². The molecule has 0 saturated carbocycles. The van der Waals surface area contributed by atoms with Crippen LogP contribution >= 0.6 is 0 Å². The molecule has 5 nitrogen and oxygen atoms in total. The van der Waals surface area contributed by atoms with Crippen molar-refractivity contribution in [1.29, 1.82) is 0 Å². The third kappa shape index (κ3) is 3.03. The number of nitrogens with zero attached hydrogens (tertiary/aromatic N) is 2. The quantitative estimate of drug-likeness (QED) is 0.526. The number of aromatic nitrogens is 3. The molecule has 6 heteroatoms. The second kappa shape index (κ2) is 6.88. The van der Waals surface area contributed by atoms with Crippen LogP contribution in [-0.4, -0.2) is 26.3 Å². The lowest BCUT2D eigenvalue weighted by molar-refractivity contribution is 0.0695. The Labute approximate surface area is 160 Å². The zero-order valence-corrected chi connectivity index (χ0v) is 15.5. The molecule has 2 aromatic carbocycles. The SMILES string of the molecule is CCc1cc(-c2ccc3c(-c4ccc(C)c(F)c4)n[nH]c3n2)ccc1C(=O)O. The molecule has 0 aliphatic rings. The molecule has 0 unspecified atom stereocenters. The molecule has 0 spiro atoms. The van der Waals surface area contributed by atoms with Crippen molar-refractivity contribution in [2.45, 2.75) is 20.3 Å². The van der Waals surface area contributed by atoms with E-state index >= 15 is 0 Å². The van der Waals surface area contributed by atoms with Gasteiger partial charge in [-0.15, -0.1) is 0 Å². The van der Waals surface area contributed by atoms with E-state index in [1.165, 1.54) is 6.07 Å². The smallest absolute Gasteiger partial charge is 0.335 e. The van der Waals surface area contributed by atoms with Crippen LogP contribution in [0.3, 0.4) is 0 Å². The second-order valence-electron chi connectivity index (χ2n) is 6.66. The molecule has 28 heavy (non-hydrogen) atoms. The van der Waals surface area contributed by atoms with E-state index in [1.54, 1.807) is 25.1 Å². The standard InChI is InChI=1S/C22H18FN3O2/c1-3-13-10-14(6-7-16(13)22(27)28)19-9-8-17-20(25-26-21(17)24-19)15-5-4-12(2)18(23)11-15/h4-11H,3H2,1-2H3,(H,27,28)(H,24,25,26). The van der Waals surface area contributed by atoms with Gasteiger partial charge in [0.05, 0.1) is 11.3 Å². The van der Waals surface area contributed by atoms with Gasteiger partial charge in [0.1, 0.15) is 11.5 Å². The number of carboxylic acids is 1. The summed E-state index contributed by atoms with van der Waals surface area (Å²) in [4.78, 5) is 16.0. The highest BCUT2D eigenvalue weighted by atomic mass is 19.1. The molecule has 0 fully saturated rings. The molecular weight excluding hydrogens is 357 g/mol. The Bertz CT molecular complexity index is 1210. The molecule has 0 bridgehead atoms. The Hall–Kier alpha value is -3.54. The van der Waals surface area contributed by atoms with E-state index in [0.29, 0.717) is 40.1 Å². The molecule has 0 aliphatic heterocycles. The first kappa shape index (κ1) is 17.9. The maximum absolute atomic E-state index is 13.9. The van der Waals surface area contributed by atoms with Crippen molar-refractivity contribution in [3.8, 4) is 22.5 Å². The number of hydrogen-bond acceptors (Lipinski definition) is 3. The molecule has 2 N–H and O–H groups in total. The van der Waals surface area contributed by atoms with Crippen LogP contribution in [0.1, 0.15) is 28.4 Å². The first-order valence-corrected chi connectivity index (χ1v) is 8.96. The van der Waals surface area contributed by atoms with Crippen LogP contribution in [0.15, 0.2) is 48.5 Å². The highest BCUT2D eigenvalue weighted by Gasteiger charge is 2.14. The number of fused-ring (bicyclic) bond motifs is 1. The molecule has 0 aliphatic carbocycles. The zero-order valence-electron chi connectivity index (χ0n) is 15.5. The van der Waals surface area contributed by atoms with Crippen molar-refractivity contribution in [3.63, 3.8) is 0 Å². The van der Waals surface area contributed by atoms with Gasteiger partial charge in [0, 0.05) is 16.5 Å². The number of nitrogens with one attached hydrogen (secondary N) is 1. The normalized spacial score (nSPS) is 11.1. The van der Waals surface area contributed by atoms with E-state index < -0.39 is 5.97 Å². The number of hydrogen-bond donors (Lipinski definition) is 2. The van der Waals surface area contributed by atoms with Crippen molar-refractivity contribution in [3.05, 3.63) is 71.0 Å². The molecule has 2 heterocycles. The summed E-state index contributed by atoms with van der Waals surface area (Å²) in [5.41, 5.74) is 5.11. The third-order valence-electron chi connectivity index (χ3n) is 4.88. The van der Waals surface area contributed by atoms with Crippen LogP contribution in [0.2, 0.25) is 0 Å². The highest BCUT2D eigenvalue weighted by Crippen LogP contribution is 2.29. The summed E-state index contributed by atoms with van der Waals surface area (Å²) in [6.45, 7) is 3.64. The summed E-state index contributed by atoms with van der Waals surface area (Å²) in [5.74, 6) is -1.21. The molecule has 0 radical (unpaired) electrons. The predicted octanol–water partition coefficient (Wildman–Crippen LogP) is 5.00. The largest absolute Gasteiger partial charge is 0.478 e. The average Bonchev–Trinajstić information content (AvgIpc) is 3.12. The molecule has 4 aromatic rings. The lowest BCUT2D eigenvalue weighted by Crippen LogP contribution is -2.02. The molecule has 0 atom stereocenters. The number of aromatic carboxylic acids is 1. The Morgan fingerprint density at radius 2 is 1.89 bits per heavy atom. The minimum Gasteiger partial charge on any atom is -0.478 e. The Morgan fingerprint density at radius 1 is 1.11 bits per heavy atom. The highest BCUT2D eigenvalue weighted by molar-refractivity contribution is 5.93. The number of rotatable bonds is 4. The number of H-pyrrole nitrogens is 1. The number of pyridine rings is 1. The lowest BCUT2D eigenvalue weighted by Gasteiger charge is -2.07. The van der Waals surface area contributed by atoms with E-state index in [1.807, 2.05) is 31.2 Å². The average molecular weight is 375 g/mol. The zero-order chi connectivity index (χ0) is 19.8. The maximum atomic E-state index is 13.9. The summed E-state index contributed by atoms with van der Waals surface area (Å²) in [7, 11) is 0. The number of carboxylic acid groups (broad SMARTS) is 1. The first-order chi connectivity index (χ1) is 13.5. The van der Waals surface area contributed by atoms with E-state index in [2.05, 4.69) is 15.2 Å². The summed E-state index contributed by atoms with van der Waals surface area (Å²) < 4.78 is 13.9. The van der Waals surface area contributed by atoms with Crippen molar-refractivity contribution in [2.24, 2.45) is 0 Å². The fourth-order valence-corrected chi connectivity index (χ4v) is 3.28. The van der Waals surface area contributed by atoms with Crippen LogP contribution in [0.5, 0.6) is 0 Å². The van der Waals surface area contributed by atoms with E-state index in [4.69, 9.17) is 0 Å². The molecule has 0 saturated heterocycles. The molecule has 140 valence electrons. The van der Waals surface area contributed by atoms with Crippen molar-refractivity contribution >= 4 is 17.0 Å². The van der Waals surface area contributed by atoms with Gasteiger partial charge >= 0.3 is 5.97 Å². The van der Waals surface area contributed by atoms with Crippen LogP contribution in [-0.2, 0) is 6.42 Å². The van der Waals surface area contributed by atoms with Crippen LogP contribution in [0.4, 0.5) is 4.39 Å². The van der Waals surface area contributed by atoms with Gasteiger partial charge < -0.3 is 5.11 Å². The summed E-state index contributed by atoms with van der Waals surface area (Å²) in [6.07, 6.45) is 0.616. The molecule has 0 amide bonds. The Kier molecular flexibility index (Phi) is 4.39. The molecule has 4 rings (SSSR count). The fourth-order valence-electron chi connectivity index (χ4n) is 3.28. The Balaban J connectivity index is 1.77. The van der Waals surface area contributed by atoms with Crippen LogP contribution in [0.25, 0.3) is 33.5 Å². The van der Waals surface area contributed by atoms with Gasteiger partial charge in [-0.2, -0.15) is 5.10 Å². The van der Waals surface area contributed by atoms with Gasteiger partial charge in [0.15, 0.2) is 5.65 Å². The summed E-state index contributed by atoms with van der Waals surface area (Å²) in [5, 5.41) is 17.3. The number of aromatic amines is 1. The number of benzene rings is 2. The van der Waals surface area contributed by atoms with Crippen LogP contribution < -0.4 is 0 Å². The van der Waals surface area contributed by atoms with Gasteiger partial charge in [0.25, 0.3) is 0 Å². The van der Waals surface area contributed by atoms with Crippen LogP contribution in [0, 0.1) is 12.7 Å². The minimum atomic E-state index is -0.935.